The van der Waals surface area contributed by atoms with Gasteiger partial charge < -0.3 is 4.74 Å². The fourth-order valence-electron chi connectivity index (χ4n) is 1.11. The molecule has 6 heteroatoms. The zero-order chi connectivity index (χ0) is 12.1. The molecule has 16 heavy (non-hydrogen) atoms. The van der Waals surface area contributed by atoms with Gasteiger partial charge in [0.1, 0.15) is 12.2 Å². The predicted molar refractivity (Wildman–Crippen MR) is 60.5 cm³/mol. The summed E-state index contributed by atoms with van der Waals surface area (Å²) in [5.41, 5.74) is 0.654. The lowest BCUT2D eigenvalue weighted by Gasteiger charge is -2.08. The standard InChI is InChI=1S/C10H15BrF2N2O/c1-3-7(2)16-6-9-8(11)4-15(14-9)5-10(12)13/h4,7,10H,3,5-6H2,1-2H3/t7-/m1/s1. The lowest BCUT2D eigenvalue weighted by molar-refractivity contribution is 0.0478. The SMILES string of the molecule is CC[C@@H](C)OCc1nn(CC(F)F)cc1Br. The van der Waals surface area contributed by atoms with Crippen molar-refractivity contribution in [2.45, 2.75) is 45.9 Å². The van der Waals surface area contributed by atoms with Gasteiger partial charge in [-0.1, -0.05) is 6.92 Å². The monoisotopic (exact) mass is 296 g/mol. The van der Waals surface area contributed by atoms with Crippen molar-refractivity contribution >= 4 is 15.9 Å². The van der Waals surface area contributed by atoms with Crippen LogP contribution in [0.25, 0.3) is 0 Å². The number of rotatable bonds is 6. The molecule has 0 aliphatic heterocycles. The number of nitrogens with zero attached hydrogens (tertiary/aromatic N) is 2. The summed E-state index contributed by atoms with van der Waals surface area (Å²) in [6, 6.07) is 0. The van der Waals surface area contributed by atoms with Gasteiger partial charge in [-0.15, -0.1) is 0 Å². The molecule has 0 N–H and O–H groups in total. The summed E-state index contributed by atoms with van der Waals surface area (Å²) in [5, 5.41) is 4.02. The first-order valence-electron chi connectivity index (χ1n) is 5.14. The van der Waals surface area contributed by atoms with Crippen molar-refractivity contribution in [2.24, 2.45) is 0 Å². The Labute approximate surface area is 102 Å². The van der Waals surface area contributed by atoms with Crippen molar-refractivity contribution in [1.82, 2.24) is 9.78 Å². The molecule has 0 aromatic carbocycles. The second kappa shape index (κ2) is 6.30. The molecule has 1 aromatic rings. The highest BCUT2D eigenvalue weighted by atomic mass is 79.9. The predicted octanol–water partition coefficient (Wildman–Crippen LogP) is 3.23. The smallest absolute Gasteiger partial charge is 0.257 e. The van der Waals surface area contributed by atoms with Gasteiger partial charge in [0.25, 0.3) is 6.43 Å². The van der Waals surface area contributed by atoms with Gasteiger partial charge in [-0.2, -0.15) is 5.10 Å². The Morgan fingerprint density at radius 1 is 1.56 bits per heavy atom. The minimum atomic E-state index is -2.39. The minimum absolute atomic E-state index is 0.146. The highest BCUT2D eigenvalue weighted by Crippen LogP contribution is 2.17. The molecule has 92 valence electrons. The van der Waals surface area contributed by atoms with Gasteiger partial charge in [0.05, 0.1) is 17.2 Å². The summed E-state index contributed by atoms with van der Waals surface area (Å²) in [5.74, 6) is 0. The maximum absolute atomic E-state index is 12.1. The first kappa shape index (κ1) is 13.6. The van der Waals surface area contributed by atoms with E-state index in [1.54, 1.807) is 6.20 Å². The van der Waals surface area contributed by atoms with E-state index in [2.05, 4.69) is 21.0 Å². The van der Waals surface area contributed by atoms with Gasteiger partial charge in [-0.05, 0) is 29.3 Å². The molecule has 0 fully saturated rings. The third-order valence-electron chi connectivity index (χ3n) is 2.19. The largest absolute Gasteiger partial charge is 0.372 e. The molecule has 1 atom stereocenters. The van der Waals surface area contributed by atoms with Crippen molar-refractivity contribution in [3.8, 4) is 0 Å². The third-order valence-corrected chi connectivity index (χ3v) is 2.85. The fraction of sp³-hybridized carbons (Fsp3) is 0.700. The molecule has 0 unspecified atom stereocenters. The second-order valence-corrected chi connectivity index (χ2v) is 4.42. The van der Waals surface area contributed by atoms with Crippen molar-refractivity contribution < 1.29 is 13.5 Å². The maximum Gasteiger partial charge on any atom is 0.257 e. The number of ether oxygens (including phenoxy) is 1. The van der Waals surface area contributed by atoms with Gasteiger partial charge in [0, 0.05) is 6.20 Å². The van der Waals surface area contributed by atoms with Gasteiger partial charge in [0.2, 0.25) is 0 Å². The zero-order valence-electron chi connectivity index (χ0n) is 9.29. The molecular weight excluding hydrogens is 282 g/mol. The molecular formula is C10H15BrF2N2O. The number of alkyl halides is 2. The van der Waals surface area contributed by atoms with Gasteiger partial charge in [0.15, 0.2) is 0 Å². The summed E-state index contributed by atoms with van der Waals surface area (Å²) < 4.78 is 31.7. The van der Waals surface area contributed by atoms with Gasteiger partial charge in [-0.3, -0.25) is 4.68 Å². The Morgan fingerprint density at radius 2 is 2.25 bits per heavy atom. The normalized spacial score (nSPS) is 13.4. The van der Waals surface area contributed by atoms with Crippen LogP contribution in [0.1, 0.15) is 26.0 Å². The van der Waals surface area contributed by atoms with Crippen LogP contribution in [-0.4, -0.2) is 22.3 Å². The summed E-state index contributed by atoms with van der Waals surface area (Å²) in [6.45, 7) is 3.94. The molecule has 3 nitrogen and oxygen atoms in total. The maximum atomic E-state index is 12.1. The molecule has 0 aliphatic rings. The Kier molecular flexibility index (Phi) is 5.34. The van der Waals surface area contributed by atoms with Crippen LogP contribution >= 0.6 is 15.9 Å². The number of halogens is 3. The minimum Gasteiger partial charge on any atom is -0.372 e. The van der Waals surface area contributed by atoms with E-state index < -0.39 is 6.43 Å². The molecule has 0 bridgehead atoms. The van der Waals surface area contributed by atoms with Crippen LogP contribution < -0.4 is 0 Å². The first-order valence-corrected chi connectivity index (χ1v) is 5.93. The van der Waals surface area contributed by atoms with Crippen molar-refractivity contribution in [1.29, 1.82) is 0 Å². The quantitative estimate of drug-likeness (QED) is 0.806. The lowest BCUT2D eigenvalue weighted by Crippen LogP contribution is -2.09. The van der Waals surface area contributed by atoms with E-state index in [9.17, 15) is 8.78 Å². The summed E-state index contributed by atoms with van der Waals surface area (Å²) >= 11 is 3.27. The van der Waals surface area contributed by atoms with Crippen LogP contribution in [0.3, 0.4) is 0 Å². The van der Waals surface area contributed by atoms with Crippen molar-refractivity contribution in [3.05, 3.63) is 16.4 Å². The summed E-state index contributed by atoms with van der Waals surface area (Å²) in [4.78, 5) is 0. The fourth-order valence-corrected chi connectivity index (χ4v) is 1.54. The van der Waals surface area contributed by atoms with Crippen LogP contribution in [0.4, 0.5) is 8.78 Å². The summed E-state index contributed by atoms with van der Waals surface area (Å²) in [7, 11) is 0. The second-order valence-electron chi connectivity index (χ2n) is 3.57. The number of hydrogen-bond donors (Lipinski definition) is 0. The van der Waals surface area contributed by atoms with Gasteiger partial charge in [-0.25, -0.2) is 8.78 Å². The Balaban J connectivity index is 2.56. The number of aromatic nitrogens is 2. The molecule has 1 rings (SSSR count). The van der Waals surface area contributed by atoms with Crippen molar-refractivity contribution in [3.63, 3.8) is 0 Å². The zero-order valence-corrected chi connectivity index (χ0v) is 10.9. The van der Waals surface area contributed by atoms with Crippen LogP contribution in [0, 0.1) is 0 Å². The molecule has 0 saturated carbocycles. The van der Waals surface area contributed by atoms with E-state index in [0.29, 0.717) is 16.8 Å². The van der Waals surface area contributed by atoms with Crippen LogP contribution in [0.2, 0.25) is 0 Å². The lowest BCUT2D eigenvalue weighted by atomic mass is 10.3. The first-order chi connectivity index (χ1) is 7.52. The van der Waals surface area contributed by atoms with E-state index in [1.807, 2.05) is 13.8 Å². The third kappa shape index (κ3) is 4.17. The van der Waals surface area contributed by atoms with Crippen LogP contribution in [0.15, 0.2) is 10.7 Å². The van der Waals surface area contributed by atoms with E-state index in [1.165, 1.54) is 4.68 Å². The van der Waals surface area contributed by atoms with E-state index in [4.69, 9.17) is 4.74 Å². The Bertz CT molecular complexity index is 331. The average molecular weight is 297 g/mol. The van der Waals surface area contributed by atoms with Crippen LogP contribution in [-0.2, 0) is 17.9 Å². The average Bonchev–Trinajstić information content (AvgIpc) is 2.54. The van der Waals surface area contributed by atoms with E-state index in [0.717, 1.165) is 6.42 Å². The van der Waals surface area contributed by atoms with Crippen molar-refractivity contribution in [2.75, 3.05) is 0 Å². The highest BCUT2D eigenvalue weighted by molar-refractivity contribution is 9.10. The molecule has 1 aromatic heterocycles. The van der Waals surface area contributed by atoms with E-state index >= 15 is 0 Å². The van der Waals surface area contributed by atoms with Gasteiger partial charge >= 0.3 is 0 Å². The Hall–Kier alpha value is -0.490. The Morgan fingerprint density at radius 3 is 2.81 bits per heavy atom. The molecule has 0 saturated heterocycles. The number of hydrogen-bond acceptors (Lipinski definition) is 2. The van der Waals surface area contributed by atoms with E-state index in [-0.39, 0.29) is 12.6 Å². The molecule has 1 heterocycles. The molecule has 0 aliphatic carbocycles. The molecule has 0 spiro atoms. The molecule has 0 amide bonds. The highest BCUT2D eigenvalue weighted by Gasteiger charge is 2.11. The summed E-state index contributed by atoms with van der Waals surface area (Å²) in [6.07, 6.45) is 0.207. The topological polar surface area (TPSA) is 27.1 Å². The van der Waals surface area contributed by atoms with Crippen LogP contribution in [0.5, 0.6) is 0 Å². The molecule has 0 radical (unpaired) electrons.